The molecule has 1 atom stereocenters. The van der Waals surface area contributed by atoms with Gasteiger partial charge in [0.1, 0.15) is 17.2 Å². The minimum Gasteiger partial charge on any atom is -0.487 e. The van der Waals surface area contributed by atoms with Crippen LogP contribution in [0.2, 0.25) is 0 Å². The molecule has 3 aromatic rings. The minimum atomic E-state index is -0.434. The molecule has 1 amide bonds. The van der Waals surface area contributed by atoms with Gasteiger partial charge in [0.05, 0.1) is 6.10 Å². The number of β-amino-alcohol motifs (C(OH)–C–C–N with tert-alkyl or cyclic N) is 1. The first-order chi connectivity index (χ1) is 13.2. The van der Waals surface area contributed by atoms with E-state index in [1.165, 1.54) is 11.3 Å². The highest BCUT2D eigenvalue weighted by Gasteiger charge is 2.29. The van der Waals surface area contributed by atoms with E-state index in [1.807, 2.05) is 66.7 Å². The van der Waals surface area contributed by atoms with Crippen molar-refractivity contribution < 1.29 is 14.6 Å². The Morgan fingerprint density at radius 1 is 1.11 bits per heavy atom. The van der Waals surface area contributed by atoms with Crippen molar-refractivity contribution in [3.8, 4) is 16.2 Å². The van der Waals surface area contributed by atoms with Crippen LogP contribution in [0.1, 0.15) is 21.7 Å². The van der Waals surface area contributed by atoms with Crippen LogP contribution in [0.15, 0.2) is 66.7 Å². The Morgan fingerprint density at radius 2 is 1.81 bits per heavy atom. The molecule has 1 aliphatic heterocycles. The van der Waals surface area contributed by atoms with Crippen LogP contribution in [-0.4, -0.2) is 35.1 Å². The van der Waals surface area contributed by atoms with E-state index in [-0.39, 0.29) is 5.91 Å². The predicted octanol–water partition coefficient (Wildman–Crippen LogP) is 4.20. The summed E-state index contributed by atoms with van der Waals surface area (Å²) in [4.78, 5) is 16.3. The van der Waals surface area contributed by atoms with Gasteiger partial charge < -0.3 is 14.7 Å². The summed E-state index contributed by atoms with van der Waals surface area (Å²) in [5, 5.41) is 9.78. The number of hydrogen-bond acceptors (Lipinski definition) is 4. The third-order valence-corrected chi connectivity index (χ3v) is 5.79. The Bertz CT molecular complexity index is 908. The molecular formula is C22H21NO3S. The number of aliphatic hydroxyl groups is 1. The van der Waals surface area contributed by atoms with Crippen LogP contribution in [0, 0.1) is 0 Å². The summed E-state index contributed by atoms with van der Waals surface area (Å²) in [6.45, 7) is 1.38. The van der Waals surface area contributed by atoms with Crippen LogP contribution in [0.5, 0.6) is 5.75 Å². The highest BCUT2D eigenvalue weighted by atomic mass is 32.1. The number of likely N-dealkylation sites (tertiary alicyclic amines) is 1. The number of thiophene rings is 1. The monoisotopic (exact) mass is 379 g/mol. The number of carbonyl (C=O) groups is 1. The first kappa shape index (κ1) is 17.8. The quantitative estimate of drug-likeness (QED) is 0.723. The highest BCUT2D eigenvalue weighted by molar-refractivity contribution is 7.17. The van der Waals surface area contributed by atoms with E-state index in [0.717, 1.165) is 16.0 Å². The first-order valence-corrected chi connectivity index (χ1v) is 9.85. The zero-order valence-electron chi connectivity index (χ0n) is 14.9. The summed E-state index contributed by atoms with van der Waals surface area (Å²) in [7, 11) is 0. The maximum absolute atomic E-state index is 13.0. The van der Waals surface area contributed by atoms with Gasteiger partial charge in [-0.3, -0.25) is 4.79 Å². The first-order valence-electron chi connectivity index (χ1n) is 9.04. The van der Waals surface area contributed by atoms with Crippen LogP contribution in [0.3, 0.4) is 0 Å². The normalized spacial score (nSPS) is 16.5. The summed E-state index contributed by atoms with van der Waals surface area (Å²) < 4.78 is 6.03. The zero-order chi connectivity index (χ0) is 18.6. The van der Waals surface area contributed by atoms with E-state index < -0.39 is 6.10 Å². The summed E-state index contributed by atoms with van der Waals surface area (Å²) >= 11 is 1.45. The van der Waals surface area contributed by atoms with E-state index in [2.05, 4.69) is 0 Å². The van der Waals surface area contributed by atoms with Crippen molar-refractivity contribution in [3.05, 3.63) is 77.2 Å². The smallest absolute Gasteiger partial charge is 0.267 e. The Labute approximate surface area is 162 Å². The molecule has 1 fully saturated rings. The van der Waals surface area contributed by atoms with Crippen molar-refractivity contribution >= 4 is 17.2 Å². The fourth-order valence-electron chi connectivity index (χ4n) is 3.18. The number of hydrogen-bond donors (Lipinski definition) is 1. The van der Waals surface area contributed by atoms with Crippen LogP contribution in [0.4, 0.5) is 0 Å². The molecule has 4 nitrogen and oxygen atoms in total. The van der Waals surface area contributed by atoms with Gasteiger partial charge >= 0.3 is 0 Å². The zero-order valence-corrected chi connectivity index (χ0v) is 15.7. The summed E-state index contributed by atoms with van der Waals surface area (Å²) in [6, 6.07) is 21.9. The third-order valence-electron chi connectivity index (χ3n) is 4.64. The summed E-state index contributed by atoms with van der Waals surface area (Å²) in [6.07, 6.45) is 0.194. The lowest BCUT2D eigenvalue weighted by molar-refractivity contribution is 0.0765. The van der Waals surface area contributed by atoms with E-state index in [0.29, 0.717) is 36.7 Å². The number of benzene rings is 2. The standard InChI is InChI=1S/C22H21NO3S/c24-18-11-12-23(14-18)22(25)21-19(26-15-16-7-3-1-4-8-16)13-20(27-21)17-9-5-2-6-10-17/h1-10,13,18,24H,11-12,14-15H2/t18-/m0/s1. The van der Waals surface area contributed by atoms with Crippen molar-refractivity contribution in [1.29, 1.82) is 0 Å². The van der Waals surface area contributed by atoms with Crippen molar-refractivity contribution in [2.45, 2.75) is 19.1 Å². The van der Waals surface area contributed by atoms with Crippen molar-refractivity contribution in [3.63, 3.8) is 0 Å². The van der Waals surface area contributed by atoms with Crippen molar-refractivity contribution in [2.24, 2.45) is 0 Å². The van der Waals surface area contributed by atoms with Gasteiger partial charge in [0.25, 0.3) is 5.91 Å². The minimum absolute atomic E-state index is 0.0678. The summed E-state index contributed by atoms with van der Waals surface area (Å²) in [5.41, 5.74) is 2.12. The topological polar surface area (TPSA) is 49.8 Å². The number of ether oxygens (including phenoxy) is 1. The fraction of sp³-hybridized carbons (Fsp3) is 0.227. The van der Waals surface area contributed by atoms with E-state index >= 15 is 0 Å². The van der Waals surface area contributed by atoms with Gasteiger partial charge in [0, 0.05) is 18.0 Å². The Balaban J connectivity index is 1.62. The van der Waals surface area contributed by atoms with E-state index in [1.54, 1.807) is 4.90 Å². The maximum Gasteiger partial charge on any atom is 0.267 e. The number of amides is 1. The van der Waals surface area contributed by atoms with Gasteiger partial charge in [-0.05, 0) is 23.6 Å². The average molecular weight is 379 g/mol. The highest BCUT2D eigenvalue weighted by Crippen LogP contribution is 2.38. The van der Waals surface area contributed by atoms with E-state index in [4.69, 9.17) is 4.74 Å². The van der Waals surface area contributed by atoms with E-state index in [9.17, 15) is 9.90 Å². The largest absolute Gasteiger partial charge is 0.487 e. The molecule has 0 bridgehead atoms. The molecule has 0 spiro atoms. The molecule has 4 rings (SSSR count). The Hall–Kier alpha value is -2.63. The van der Waals surface area contributed by atoms with Gasteiger partial charge in [-0.15, -0.1) is 11.3 Å². The molecule has 0 aliphatic carbocycles. The molecule has 1 aromatic heterocycles. The average Bonchev–Trinajstić information content (AvgIpc) is 3.34. The second-order valence-electron chi connectivity index (χ2n) is 6.64. The molecule has 0 radical (unpaired) electrons. The van der Waals surface area contributed by atoms with Gasteiger partial charge in [0.15, 0.2) is 0 Å². The molecular weight excluding hydrogens is 358 g/mol. The van der Waals surface area contributed by atoms with Gasteiger partial charge in [-0.25, -0.2) is 0 Å². The summed E-state index contributed by atoms with van der Waals surface area (Å²) in [5.74, 6) is 0.538. The lowest BCUT2D eigenvalue weighted by Crippen LogP contribution is -2.29. The molecule has 1 aliphatic rings. The molecule has 2 heterocycles. The van der Waals surface area contributed by atoms with Crippen LogP contribution >= 0.6 is 11.3 Å². The molecule has 1 saturated heterocycles. The number of aliphatic hydroxyl groups excluding tert-OH is 1. The van der Waals surface area contributed by atoms with Gasteiger partial charge in [-0.1, -0.05) is 60.7 Å². The molecule has 2 aromatic carbocycles. The molecule has 0 saturated carbocycles. The lowest BCUT2D eigenvalue weighted by atomic mass is 10.2. The predicted molar refractivity (Wildman–Crippen MR) is 107 cm³/mol. The SMILES string of the molecule is O=C(c1sc(-c2ccccc2)cc1OCc1ccccc1)N1CC[C@H](O)C1. The third kappa shape index (κ3) is 4.04. The molecule has 0 unspecified atom stereocenters. The van der Waals surface area contributed by atoms with Crippen molar-refractivity contribution in [1.82, 2.24) is 4.90 Å². The van der Waals surface area contributed by atoms with Gasteiger partial charge in [0.2, 0.25) is 0 Å². The molecule has 138 valence electrons. The number of rotatable bonds is 5. The fourth-order valence-corrected chi connectivity index (χ4v) is 4.26. The molecule has 1 N–H and O–H groups in total. The van der Waals surface area contributed by atoms with Crippen LogP contribution in [-0.2, 0) is 6.61 Å². The Morgan fingerprint density at radius 3 is 2.48 bits per heavy atom. The van der Waals surface area contributed by atoms with Crippen LogP contribution in [0.25, 0.3) is 10.4 Å². The Kier molecular flexibility index (Phi) is 5.23. The van der Waals surface area contributed by atoms with Crippen molar-refractivity contribution in [2.75, 3.05) is 13.1 Å². The maximum atomic E-state index is 13.0. The second kappa shape index (κ2) is 7.94. The molecule has 27 heavy (non-hydrogen) atoms. The lowest BCUT2D eigenvalue weighted by Gasteiger charge is -2.15. The van der Waals surface area contributed by atoms with Crippen LogP contribution < -0.4 is 4.74 Å². The second-order valence-corrected chi connectivity index (χ2v) is 7.69. The molecule has 5 heteroatoms. The number of carbonyl (C=O) groups excluding carboxylic acids is 1. The van der Waals surface area contributed by atoms with Gasteiger partial charge in [-0.2, -0.15) is 0 Å². The number of nitrogens with zero attached hydrogens (tertiary/aromatic N) is 1.